The number of aryl methyl sites for hydroxylation is 2. The lowest BCUT2D eigenvalue weighted by molar-refractivity contribution is -0.139. The van der Waals surface area contributed by atoms with Crippen molar-refractivity contribution >= 4 is 11.9 Å². The molecular formula is C16H23NO4. The van der Waals surface area contributed by atoms with Gasteiger partial charge in [-0.3, -0.25) is 4.79 Å². The van der Waals surface area contributed by atoms with Crippen LogP contribution in [0.5, 0.6) is 5.75 Å². The second-order valence-corrected chi connectivity index (χ2v) is 5.15. The zero-order chi connectivity index (χ0) is 16.0. The molecule has 0 aliphatic carbocycles. The van der Waals surface area contributed by atoms with E-state index in [1.165, 1.54) is 0 Å². The van der Waals surface area contributed by atoms with Gasteiger partial charge in [0.15, 0.2) is 0 Å². The number of carboxylic acid groups (broad SMARTS) is 1. The van der Waals surface area contributed by atoms with Crippen LogP contribution >= 0.6 is 0 Å². The number of aliphatic carboxylic acids is 1. The summed E-state index contributed by atoms with van der Waals surface area (Å²) in [6.07, 6.45) is 2.09. The van der Waals surface area contributed by atoms with E-state index in [0.717, 1.165) is 29.7 Å². The van der Waals surface area contributed by atoms with Crippen LogP contribution in [0.15, 0.2) is 12.1 Å². The molecule has 0 spiro atoms. The van der Waals surface area contributed by atoms with Crippen molar-refractivity contribution in [2.75, 3.05) is 7.11 Å². The minimum absolute atomic E-state index is 0.368. The first kappa shape index (κ1) is 17.0. The molecular weight excluding hydrogens is 270 g/mol. The Hall–Kier alpha value is -2.04. The van der Waals surface area contributed by atoms with Gasteiger partial charge in [0.2, 0.25) is 0 Å². The Kier molecular flexibility index (Phi) is 6.21. The van der Waals surface area contributed by atoms with Gasteiger partial charge in [-0.2, -0.15) is 0 Å². The van der Waals surface area contributed by atoms with Crippen LogP contribution in [-0.2, 0) is 4.79 Å². The van der Waals surface area contributed by atoms with Gasteiger partial charge in [0.1, 0.15) is 11.8 Å². The molecule has 0 aromatic heterocycles. The molecule has 0 bridgehead atoms. The first-order valence-electron chi connectivity index (χ1n) is 7.09. The van der Waals surface area contributed by atoms with Gasteiger partial charge < -0.3 is 15.2 Å². The minimum atomic E-state index is -1.00. The lowest BCUT2D eigenvalue weighted by Gasteiger charge is -2.16. The van der Waals surface area contributed by atoms with E-state index in [-0.39, 0.29) is 5.91 Å². The van der Waals surface area contributed by atoms with Crippen LogP contribution in [-0.4, -0.2) is 30.1 Å². The molecule has 0 aliphatic rings. The summed E-state index contributed by atoms with van der Waals surface area (Å²) in [5.74, 6) is -0.626. The first-order chi connectivity index (χ1) is 9.90. The van der Waals surface area contributed by atoms with E-state index in [2.05, 4.69) is 5.32 Å². The number of nitrogens with one attached hydrogen (secondary N) is 1. The lowest BCUT2D eigenvalue weighted by Crippen LogP contribution is -2.40. The third-order valence-electron chi connectivity index (χ3n) is 3.38. The number of hydrogen-bond acceptors (Lipinski definition) is 3. The highest BCUT2D eigenvalue weighted by Crippen LogP contribution is 2.24. The van der Waals surface area contributed by atoms with Crippen molar-refractivity contribution in [3.05, 3.63) is 28.8 Å². The number of rotatable bonds is 7. The van der Waals surface area contributed by atoms with Crippen LogP contribution in [0.2, 0.25) is 0 Å². The number of hydrogen-bond donors (Lipinski definition) is 2. The van der Waals surface area contributed by atoms with Gasteiger partial charge in [0.25, 0.3) is 5.91 Å². The molecule has 2 N–H and O–H groups in total. The average molecular weight is 293 g/mol. The molecule has 1 aromatic carbocycles. The lowest BCUT2D eigenvalue weighted by atomic mass is 10.0. The Morgan fingerprint density at radius 1 is 1.29 bits per heavy atom. The van der Waals surface area contributed by atoms with Gasteiger partial charge in [-0.15, -0.1) is 0 Å². The third-order valence-corrected chi connectivity index (χ3v) is 3.38. The Morgan fingerprint density at radius 2 is 1.86 bits per heavy atom. The van der Waals surface area contributed by atoms with E-state index >= 15 is 0 Å². The van der Waals surface area contributed by atoms with E-state index in [1.807, 2.05) is 20.8 Å². The second-order valence-electron chi connectivity index (χ2n) is 5.15. The molecule has 0 heterocycles. The number of carboxylic acids is 1. The van der Waals surface area contributed by atoms with Gasteiger partial charge >= 0.3 is 5.97 Å². The number of ether oxygens (including phenoxy) is 1. The maximum atomic E-state index is 12.2. The van der Waals surface area contributed by atoms with Gasteiger partial charge in [-0.05, 0) is 43.5 Å². The predicted molar refractivity (Wildman–Crippen MR) is 80.9 cm³/mol. The molecule has 21 heavy (non-hydrogen) atoms. The summed E-state index contributed by atoms with van der Waals surface area (Å²) in [5.41, 5.74) is 2.15. The number of carbonyl (C=O) groups excluding carboxylic acids is 1. The van der Waals surface area contributed by atoms with Crippen LogP contribution in [0.4, 0.5) is 0 Å². The Balaban J connectivity index is 2.90. The molecule has 1 aromatic rings. The van der Waals surface area contributed by atoms with Crippen molar-refractivity contribution in [3.8, 4) is 5.75 Å². The summed E-state index contributed by atoms with van der Waals surface area (Å²) >= 11 is 0. The topological polar surface area (TPSA) is 75.6 Å². The van der Waals surface area contributed by atoms with Crippen molar-refractivity contribution in [2.24, 2.45) is 0 Å². The number of carbonyl (C=O) groups is 2. The quantitative estimate of drug-likeness (QED) is 0.810. The first-order valence-corrected chi connectivity index (χ1v) is 7.09. The fraction of sp³-hybridized carbons (Fsp3) is 0.500. The highest BCUT2D eigenvalue weighted by atomic mass is 16.5. The summed E-state index contributed by atoms with van der Waals surface area (Å²) in [4.78, 5) is 23.4. The van der Waals surface area contributed by atoms with Crippen LogP contribution in [0.25, 0.3) is 0 Å². The van der Waals surface area contributed by atoms with E-state index in [9.17, 15) is 9.59 Å². The van der Waals surface area contributed by atoms with Crippen molar-refractivity contribution in [1.82, 2.24) is 5.32 Å². The molecule has 116 valence electrons. The molecule has 0 fully saturated rings. The number of amides is 1. The second kappa shape index (κ2) is 7.67. The van der Waals surface area contributed by atoms with E-state index < -0.39 is 12.0 Å². The summed E-state index contributed by atoms with van der Waals surface area (Å²) in [6, 6.07) is 2.57. The zero-order valence-corrected chi connectivity index (χ0v) is 13.0. The van der Waals surface area contributed by atoms with Crippen LogP contribution in [0, 0.1) is 13.8 Å². The Morgan fingerprint density at radius 3 is 2.29 bits per heavy atom. The van der Waals surface area contributed by atoms with Gasteiger partial charge in [-0.1, -0.05) is 19.8 Å². The molecule has 0 saturated carbocycles. The largest absolute Gasteiger partial charge is 0.496 e. The summed E-state index contributed by atoms with van der Waals surface area (Å²) in [5, 5.41) is 11.7. The zero-order valence-electron chi connectivity index (χ0n) is 13.0. The number of unbranched alkanes of at least 4 members (excludes halogenated alkanes) is 1. The maximum Gasteiger partial charge on any atom is 0.326 e. The van der Waals surface area contributed by atoms with Crippen LogP contribution in [0.1, 0.15) is 47.7 Å². The highest BCUT2D eigenvalue weighted by molar-refractivity contribution is 5.97. The molecule has 1 amide bonds. The fourth-order valence-corrected chi connectivity index (χ4v) is 2.31. The van der Waals surface area contributed by atoms with Gasteiger partial charge in [0.05, 0.1) is 7.11 Å². The van der Waals surface area contributed by atoms with E-state index in [4.69, 9.17) is 9.84 Å². The SMILES string of the molecule is CCCC[C@H](NC(=O)c1cc(C)c(OC)c(C)c1)C(=O)O. The van der Waals surface area contributed by atoms with Crippen molar-refractivity contribution in [2.45, 2.75) is 46.1 Å². The van der Waals surface area contributed by atoms with Crippen molar-refractivity contribution in [1.29, 1.82) is 0 Å². The molecule has 0 saturated heterocycles. The van der Waals surface area contributed by atoms with E-state index in [0.29, 0.717) is 12.0 Å². The molecule has 1 rings (SSSR count). The summed E-state index contributed by atoms with van der Waals surface area (Å²) in [7, 11) is 1.58. The molecule has 5 nitrogen and oxygen atoms in total. The monoisotopic (exact) mass is 293 g/mol. The third kappa shape index (κ3) is 4.48. The maximum absolute atomic E-state index is 12.2. The molecule has 1 atom stereocenters. The van der Waals surface area contributed by atoms with Gasteiger partial charge in [0, 0.05) is 5.56 Å². The Labute approximate surface area is 125 Å². The van der Waals surface area contributed by atoms with E-state index in [1.54, 1.807) is 19.2 Å². The average Bonchev–Trinajstić information content (AvgIpc) is 2.42. The van der Waals surface area contributed by atoms with Crippen molar-refractivity contribution in [3.63, 3.8) is 0 Å². The summed E-state index contributed by atoms with van der Waals surface area (Å²) in [6.45, 7) is 5.69. The molecule has 0 unspecified atom stereocenters. The van der Waals surface area contributed by atoms with Gasteiger partial charge in [-0.25, -0.2) is 4.79 Å². The predicted octanol–water partition coefficient (Wildman–Crippen LogP) is 2.69. The molecule has 0 aliphatic heterocycles. The number of methoxy groups -OCH3 is 1. The standard InChI is InChI=1S/C16H23NO4/c1-5-6-7-13(16(19)20)17-15(18)12-8-10(2)14(21-4)11(3)9-12/h8-9,13H,5-7H2,1-4H3,(H,17,18)(H,19,20)/t13-/m0/s1. The number of benzene rings is 1. The van der Waals surface area contributed by atoms with Crippen molar-refractivity contribution < 1.29 is 19.4 Å². The fourth-order valence-electron chi connectivity index (χ4n) is 2.31. The van der Waals surface area contributed by atoms with Crippen LogP contribution in [0.3, 0.4) is 0 Å². The van der Waals surface area contributed by atoms with Crippen LogP contribution < -0.4 is 10.1 Å². The minimum Gasteiger partial charge on any atom is -0.496 e. The highest BCUT2D eigenvalue weighted by Gasteiger charge is 2.20. The Bertz CT molecular complexity index is 502. The normalized spacial score (nSPS) is 11.8. The molecule has 5 heteroatoms. The smallest absolute Gasteiger partial charge is 0.326 e. The summed E-state index contributed by atoms with van der Waals surface area (Å²) < 4.78 is 5.26. The molecule has 0 radical (unpaired) electrons.